The van der Waals surface area contributed by atoms with Crippen LogP contribution in [0.25, 0.3) is 0 Å². The second-order valence-electron chi connectivity index (χ2n) is 12.5. The average Bonchev–Trinajstić information content (AvgIpc) is 3.42. The lowest BCUT2D eigenvalue weighted by Gasteiger charge is -2.42. The van der Waals surface area contributed by atoms with Crippen LogP contribution in [0.3, 0.4) is 0 Å². The Bertz CT molecular complexity index is 1730. The molecule has 0 aromatic heterocycles. The molecule has 2 N–H and O–H groups in total. The Kier molecular flexibility index (Phi) is 8.62. The number of carboxylic acids is 1. The van der Waals surface area contributed by atoms with Gasteiger partial charge in [0.15, 0.2) is 0 Å². The maximum atomic E-state index is 16.1. The summed E-state index contributed by atoms with van der Waals surface area (Å²) in [5, 5.41) is 31.5. The third kappa shape index (κ3) is 5.22. The van der Waals surface area contributed by atoms with Gasteiger partial charge >= 0.3 is 5.97 Å². The predicted molar refractivity (Wildman–Crippen MR) is 165 cm³/mol. The van der Waals surface area contributed by atoms with E-state index in [0.717, 1.165) is 6.07 Å². The quantitative estimate of drug-likeness (QED) is 0.303. The molecule has 45 heavy (non-hydrogen) atoms. The SMILES string of the molecule is COc1cc(C(=O)O)ccc1N1C(=O)C2C(c3cccc(Cl)c3F)C(C#N)(c3ccc(Cl)cc3F)C(CC(C)(C)C)N2C1CO. The van der Waals surface area contributed by atoms with E-state index in [2.05, 4.69) is 6.07 Å². The second-order valence-corrected chi connectivity index (χ2v) is 13.3. The second kappa shape index (κ2) is 11.9. The highest BCUT2D eigenvalue weighted by Crippen LogP contribution is 2.60. The molecular formula is C33H31Cl2F2N3O5. The number of amides is 1. The van der Waals surface area contributed by atoms with Crippen LogP contribution in [0, 0.1) is 28.4 Å². The van der Waals surface area contributed by atoms with Crippen molar-refractivity contribution in [3.8, 4) is 11.8 Å². The number of hydrogen-bond donors (Lipinski definition) is 2. The van der Waals surface area contributed by atoms with Crippen molar-refractivity contribution in [1.82, 2.24) is 4.90 Å². The number of ether oxygens (including phenoxy) is 1. The molecule has 0 bridgehead atoms. The number of rotatable bonds is 7. The number of carbonyl (C=O) groups excluding carboxylic acids is 1. The van der Waals surface area contributed by atoms with Gasteiger partial charge in [0, 0.05) is 22.5 Å². The van der Waals surface area contributed by atoms with Crippen LogP contribution in [0.1, 0.15) is 54.6 Å². The van der Waals surface area contributed by atoms with E-state index in [4.69, 9.17) is 27.9 Å². The summed E-state index contributed by atoms with van der Waals surface area (Å²) in [6.07, 6.45) is -0.889. The summed E-state index contributed by atoms with van der Waals surface area (Å²) in [4.78, 5) is 29.3. The van der Waals surface area contributed by atoms with Crippen molar-refractivity contribution in [3.05, 3.63) is 93.0 Å². The number of nitriles is 1. The summed E-state index contributed by atoms with van der Waals surface area (Å²) >= 11 is 12.4. The number of carbonyl (C=O) groups is 2. The Morgan fingerprint density at radius 2 is 1.84 bits per heavy atom. The maximum Gasteiger partial charge on any atom is 0.335 e. The molecule has 1 amide bonds. The standard InChI is InChI=1S/C33H31Cl2F2N3O5/c1-32(2,3)14-25-33(16-38,20-10-9-18(34)13-22(20)36)27(19-6-5-7-21(35)28(19)37)29-30(42)39(26(15-41)40(25)29)23-11-8-17(31(43)44)12-24(23)45-4/h5-13,25-27,29,41H,14-15H2,1-4H3,(H,43,44). The molecule has 2 aliphatic heterocycles. The van der Waals surface area contributed by atoms with E-state index in [1.54, 1.807) is 4.90 Å². The molecule has 2 fully saturated rings. The molecule has 3 aromatic carbocycles. The van der Waals surface area contributed by atoms with Gasteiger partial charge in [0.2, 0.25) is 5.91 Å². The molecule has 2 heterocycles. The molecular weight excluding hydrogens is 627 g/mol. The number of aromatic carboxylic acids is 1. The lowest BCUT2D eigenvalue weighted by Crippen LogP contribution is -2.53. The first kappa shape index (κ1) is 32.6. The van der Waals surface area contributed by atoms with Crippen LogP contribution < -0.4 is 9.64 Å². The van der Waals surface area contributed by atoms with Gasteiger partial charge in [0.25, 0.3) is 0 Å². The van der Waals surface area contributed by atoms with E-state index < -0.39 is 65.1 Å². The monoisotopic (exact) mass is 657 g/mol. The third-order valence-electron chi connectivity index (χ3n) is 8.68. The van der Waals surface area contributed by atoms with Gasteiger partial charge in [0.1, 0.15) is 35.0 Å². The fourth-order valence-electron chi connectivity index (χ4n) is 7.01. The number of halogens is 4. The van der Waals surface area contributed by atoms with E-state index in [9.17, 15) is 25.1 Å². The van der Waals surface area contributed by atoms with Crippen molar-refractivity contribution in [2.75, 3.05) is 18.6 Å². The summed E-state index contributed by atoms with van der Waals surface area (Å²) in [6.45, 7) is 5.15. The van der Waals surface area contributed by atoms with E-state index >= 15 is 8.78 Å². The van der Waals surface area contributed by atoms with Crippen LogP contribution in [-0.4, -0.2) is 59.0 Å². The number of fused-ring (bicyclic) bond motifs is 1. The number of methoxy groups -OCH3 is 1. The smallest absolute Gasteiger partial charge is 0.335 e. The Balaban J connectivity index is 1.85. The summed E-state index contributed by atoms with van der Waals surface area (Å²) in [7, 11) is 1.32. The van der Waals surface area contributed by atoms with Gasteiger partial charge in [-0.3, -0.25) is 14.6 Å². The molecule has 5 atom stereocenters. The van der Waals surface area contributed by atoms with Crippen LogP contribution in [0.2, 0.25) is 10.0 Å². The number of anilines is 1. The van der Waals surface area contributed by atoms with Crippen molar-refractivity contribution < 1.29 is 33.3 Å². The molecule has 5 unspecified atom stereocenters. The number of hydrogen-bond acceptors (Lipinski definition) is 6. The molecule has 236 valence electrons. The fraction of sp³-hybridized carbons (Fsp3) is 0.364. The fourth-order valence-corrected chi connectivity index (χ4v) is 7.35. The zero-order chi connectivity index (χ0) is 33.0. The minimum Gasteiger partial charge on any atom is -0.495 e. The topological polar surface area (TPSA) is 114 Å². The predicted octanol–water partition coefficient (Wildman–Crippen LogP) is 6.38. The summed E-state index contributed by atoms with van der Waals surface area (Å²) in [5.74, 6) is -4.74. The van der Waals surface area contributed by atoms with Gasteiger partial charge in [-0.05, 0) is 53.8 Å². The maximum absolute atomic E-state index is 16.1. The Morgan fingerprint density at radius 3 is 2.42 bits per heavy atom. The highest BCUT2D eigenvalue weighted by atomic mass is 35.5. The molecule has 0 radical (unpaired) electrons. The molecule has 8 nitrogen and oxygen atoms in total. The van der Waals surface area contributed by atoms with Crippen LogP contribution in [0.4, 0.5) is 14.5 Å². The molecule has 2 saturated heterocycles. The molecule has 0 spiro atoms. The van der Waals surface area contributed by atoms with Crippen molar-refractivity contribution in [1.29, 1.82) is 5.26 Å². The Morgan fingerprint density at radius 1 is 1.13 bits per heavy atom. The molecule has 0 saturated carbocycles. The normalized spacial score (nSPS) is 24.9. The summed E-state index contributed by atoms with van der Waals surface area (Å²) in [5.41, 5.74) is -2.41. The van der Waals surface area contributed by atoms with Crippen LogP contribution in [0.15, 0.2) is 54.6 Å². The van der Waals surface area contributed by atoms with Crippen LogP contribution in [0.5, 0.6) is 5.75 Å². The Hall–Kier alpha value is -3.75. The van der Waals surface area contributed by atoms with Gasteiger partial charge in [-0.15, -0.1) is 0 Å². The minimum absolute atomic E-state index is 0.0519. The molecule has 12 heteroatoms. The van der Waals surface area contributed by atoms with Gasteiger partial charge < -0.3 is 14.9 Å². The van der Waals surface area contributed by atoms with Crippen LogP contribution in [-0.2, 0) is 10.2 Å². The Labute approximate surface area is 269 Å². The van der Waals surface area contributed by atoms with Gasteiger partial charge in [-0.25, -0.2) is 13.6 Å². The lowest BCUT2D eigenvalue weighted by molar-refractivity contribution is -0.119. The van der Waals surface area contributed by atoms with Gasteiger partial charge in [0.05, 0.1) is 36.1 Å². The lowest BCUT2D eigenvalue weighted by atomic mass is 9.62. The first-order valence-electron chi connectivity index (χ1n) is 14.1. The van der Waals surface area contributed by atoms with Crippen molar-refractivity contribution in [2.24, 2.45) is 5.41 Å². The third-order valence-corrected chi connectivity index (χ3v) is 9.21. The van der Waals surface area contributed by atoms with Gasteiger partial charge in [-0.2, -0.15) is 5.26 Å². The first-order valence-corrected chi connectivity index (χ1v) is 14.9. The number of carboxylic acid groups (broad SMARTS) is 1. The number of aliphatic hydroxyl groups excluding tert-OH is 1. The van der Waals surface area contributed by atoms with Crippen LogP contribution >= 0.6 is 23.2 Å². The van der Waals surface area contributed by atoms with E-state index in [1.165, 1.54) is 60.5 Å². The molecule has 5 rings (SSSR count). The van der Waals surface area contributed by atoms with E-state index in [-0.39, 0.29) is 44.6 Å². The molecule has 3 aromatic rings. The van der Waals surface area contributed by atoms with Crippen molar-refractivity contribution in [2.45, 2.75) is 56.8 Å². The highest BCUT2D eigenvalue weighted by Gasteiger charge is 2.70. The number of nitrogens with zero attached hydrogens (tertiary/aromatic N) is 3. The van der Waals surface area contributed by atoms with Gasteiger partial charge in [-0.1, -0.05) is 62.2 Å². The minimum atomic E-state index is -1.86. The number of benzene rings is 3. The summed E-state index contributed by atoms with van der Waals surface area (Å²) < 4.78 is 37.6. The largest absolute Gasteiger partial charge is 0.495 e. The highest BCUT2D eigenvalue weighted by molar-refractivity contribution is 6.31. The van der Waals surface area contributed by atoms with Crippen molar-refractivity contribution in [3.63, 3.8) is 0 Å². The average molecular weight is 659 g/mol. The zero-order valence-electron chi connectivity index (χ0n) is 24.9. The van der Waals surface area contributed by atoms with E-state index in [0.29, 0.717) is 0 Å². The molecule has 2 aliphatic rings. The first-order chi connectivity index (χ1) is 21.2. The van der Waals surface area contributed by atoms with Crippen molar-refractivity contribution >= 4 is 40.8 Å². The van der Waals surface area contributed by atoms with E-state index in [1.807, 2.05) is 20.8 Å². The summed E-state index contributed by atoms with van der Waals surface area (Å²) in [6, 6.07) is 12.2. The molecule has 0 aliphatic carbocycles. The number of aliphatic hydroxyl groups is 1. The zero-order valence-corrected chi connectivity index (χ0v) is 26.4.